The number of urea groups is 1. The first-order valence-electron chi connectivity index (χ1n) is 6.20. The maximum Gasteiger partial charge on any atom is 0.319 e. The van der Waals surface area contributed by atoms with Crippen molar-refractivity contribution >= 4 is 17.8 Å². The molecule has 1 saturated carbocycles. The maximum absolute atomic E-state index is 11.7. The molecule has 18 heavy (non-hydrogen) atoms. The molecule has 4 nitrogen and oxygen atoms in total. The minimum absolute atomic E-state index is 0.162. The lowest BCUT2D eigenvalue weighted by Gasteiger charge is -2.26. The van der Waals surface area contributed by atoms with Gasteiger partial charge in [0.15, 0.2) is 0 Å². The van der Waals surface area contributed by atoms with Crippen molar-refractivity contribution in [1.82, 2.24) is 5.32 Å². The Kier molecular flexibility index (Phi) is 4.36. The van der Waals surface area contributed by atoms with Crippen LogP contribution in [0.4, 0.5) is 10.5 Å². The second-order valence-corrected chi connectivity index (χ2v) is 4.42. The summed E-state index contributed by atoms with van der Waals surface area (Å²) in [4.78, 5) is 11.7. The largest absolute Gasteiger partial charge is 0.335 e. The van der Waals surface area contributed by atoms with Crippen molar-refractivity contribution in [2.45, 2.75) is 25.3 Å². The van der Waals surface area contributed by atoms with E-state index >= 15 is 0 Å². The highest BCUT2D eigenvalue weighted by atomic mass is 16.2. The Morgan fingerprint density at radius 2 is 2.22 bits per heavy atom. The van der Waals surface area contributed by atoms with Gasteiger partial charge in [-0.2, -0.15) is 0 Å². The fraction of sp³-hybridized carbons (Fsp3) is 0.357. The Hall–Kier alpha value is -1.81. The molecule has 2 amide bonds. The molecule has 1 aliphatic rings. The van der Waals surface area contributed by atoms with Gasteiger partial charge in [0.1, 0.15) is 6.61 Å². The first kappa shape index (κ1) is 12.6. The molecule has 1 aliphatic carbocycles. The van der Waals surface area contributed by atoms with Crippen LogP contribution >= 0.6 is 0 Å². The Labute approximate surface area is 107 Å². The Morgan fingerprint density at radius 1 is 1.39 bits per heavy atom. The normalized spacial score (nSPS) is 15.4. The van der Waals surface area contributed by atoms with E-state index in [9.17, 15) is 9.90 Å². The summed E-state index contributed by atoms with van der Waals surface area (Å²) < 4.78 is 0. The standard InChI is InChI=1S/C14H17N2O2/c17-9-3-5-11-4-1-8-13(10-11)16-14(18)15-12-6-2-7-12/h1,3-5,8,10,12H,2,6-7,9H2,(H2,15,16,18). The minimum atomic E-state index is -0.236. The van der Waals surface area contributed by atoms with E-state index in [1.54, 1.807) is 12.2 Å². The van der Waals surface area contributed by atoms with Crippen molar-refractivity contribution in [3.05, 3.63) is 35.9 Å². The smallest absolute Gasteiger partial charge is 0.319 e. The second-order valence-electron chi connectivity index (χ2n) is 4.42. The molecule has 0 aliphatic heterocycles. The van der Waals surface area contributed by atoms with Crippen molar-refractivity contribution in [2.24, 2.45) is 0 Å². The first-order chi connectivity index (χ1) is 8.78. The van der Waals surface area contributed by atoms with E-state index in [1.165, 1.54) is 6.42 Å². The molecule has 0 bridgehead atoms. The number of amides is 2. The lowest BCUT2D eigenvalue weighted by atomic mass is 9.93. The molecule has 1 radical (unpaired) electrons. The SMILES string of the molecule is [O]CC=Cc1cccc(NC(=O)NC2CCC2)c1. The van der Waals surface area contributed by atoms with Gasteiger partial charge >= 0.3 is 6.03 Å². The number of carbonyl (C=O) groups is 1. The zero-order chi connectivity index (χ0) is 12.8. The van der Waals surface area contributed by atoms with Crippen molar-refractivity contribution in [3.63, 3.8) is 0 Å². The summed E-state index contributed by atoms with van der Waals surface area (Å²) in [5.41, 5.74) is 1.65. The van der Waals surface area contributed by atoms with Gasteiger partial charge in [0, 0.05) is 11.7 Å². The molecule has 0 unspecified atom stereocenters. The monoisotopic (exact) mass is 245 g/mol. The summed E-state index contributed by atoms with van der Waals surface area (Å²) in [6, 6.07) is 7.57. The molecule has 4 heteroatoms. The zero-order valence-corrected chi connectivity index (χ0v) is 10.2. The summed E-state index contributed by atoms with van der Waals surface area (Å²) in [6.45, 7) is -0.236. The van der Waals surface area contributed by atoms with Gasteiger partial charge in [0.2, 0.25) is 0 Å². The molecule has 1 fully saturated rings. The van der Waals surface area contributed by atoms with Crippen LogP contribution in [0.15, 0.2) is 30.3 Å². The predicted octanol–water partition coefficient (Wildman–Crippen LogP) is 2.80. The lowest BCUT2D eigenvalue weighted by molar-refractivity contribution is 0.233. The van der Waals surface area contributed by atoms with Crippen LogP contribution in [0.2, 0.25) is 0 Å². The van der Waals surface area contributed by atoms with Crippen molar-refractivity contribution in [1.29, 1.82) is 0 Å². The quantitative estimate of drug-likeness (QED) is 0.841. The molecule has 1 aromatic rings. The highest BCUT2D eigenvalue weighted by Gasteiger charge is 2.19. The summed E-state index contributed by atoms with van der Waals surface area (Å²) in [5.74, 6) is 0. The van der Waals surface area contributed by atoms with E-state index in [0.29, 0.717) is 6.04 Å². The third-order valence-corrected chi connectivity index (χ3v) is 2.99. The molecule has 0 spiro atoms. The molecule has 2 N–H and O–H groups in total. The number of hydrogen-bond acceptors (Lipinski definition) is 1. The van der Waals surface area contributed by atoms with E-state index < -0.39 is 0 Å². The molecule has 0 atom stereocenters. The number of hydrogen-bond donors (Lipinski definition) is 2. The van der Waals surface area contributed by atoms with Crippen molar-refractivity contribution in [3.8, 4) is 0 Å². The molecule has 0 saturated heterocycles. The van der Waals surface area contributed by atoms with E-state index in [4.69, 9.17) is 0 Å². The fourth-order valence-electron chi connectivity index (χ4n) is 1.81. The van der Waals surface area contributed by atoms with E-state index in [-0.39, 0.29) is 12.6 Å². The Balaban J connectivity index is 1.91. The van der Waals surface area contributed by atoms with Gasteiger partial charge in [0.05, 0.1) is 0 Å². The van der Waals surface area contributed by atoms with Gasteiger partial charge < -0.3 is 10.6 Å². The molecule has 0 aromatic heterocycles. The van der Waals surface area contributed by atoms with Crippen LogP contribution < -0.4 is 10.6 Å². The predicted molar refractivity (Wildman–Crippen MR) is 70.8 cm³/mol. The Bertz CT molecular complexity index is 439. The van der Waals surface area contributed by atoms with Crippen LogP contribution in [0, 0.1) is 0 Å². The third kappa shape index (κ3) is 3.60. The summed E-state index contributed by atoms with van der Waals surface area (Å²) in [6.07, 6.45) is 6.63. The van der Waals surface area contributed by atoms with Gasteiger partial charge in [-0.1, -0.05) is 24.3 Å². The van der Waals surface area contributed by atoms with Gasteiger partial charge in [-0.15, -0.1) is 0 Å². The summed E-state index contributed by atoms with van der Waals surface area (Å²) in [5, 5.41) is 16.1. The van der Waals surface area contributed by atoms with Crippen LogP contribution in [-0.4, -0.2) is 18.7 Å². The van der Waals surface area contributed by atoms with E-state index in [2.05, 4.69) is 10.6 Å². The number of carbonyl (C=O) groups excluding carboxylic acids is 1. The molecule has 2 rings (SSSR count). The molecule has 0 heterocycles. The van der Waals surface area contributed by atoms with Crippen molar-refractivity contribution in [2.75, 3.05) is 11.9 Å². The number of anilines is 1. The van der Waals surface area contributed by atoms with Crippen molar-refractivity contribution < 1.29 is 9.90 Å². The van der Waals surface area contributed by atoms with Crippen LogP contribution in [0.1, 0.15) is 24.8 Å². The maximum atomic E-state index is 11.7. The summed E-state index contributed by atoms with van der Waals surface area (Å²) in [7, 11) is 0. The zero-order valence-electron chi connectivity index (χ0n) is 10.2. The van der Waals surface area contributed by atoms with Gasteiger partial charge in [-0.3, -0.25) is 0 Å². The lowest BCUT2D eigenvalue weighted by Crippen LogP contribution is -2.41. The topological polar surface area (TPSA) is 61.0 Å². The summed E-state index contributed by atoms with van der Waals surface area (Å²) >= 11 is 0. The molecular weight excluding hydrogens is 228 g/mol. The fourth-order valence-corrected chi connectivity index (χ4v) is 1.81. The molecule has 1 aromatic carbocycles. The van der Waals surface area contributed by atoms with Crippen LogP contribution in [0.25, 0.3) is 6.08 Å². The number of nitrogens with one attached hydrogen (secondary N) is 2. The first-order valence-corrected chi connectivity index (χ1v) is 6.20. The van der Waals surface area contributed by atoms with Gasteiger partial charge in [-0.25, -0.2) is 9.90 Å². The highest BCUT2D eigenvalue weighted by Crippen LogP contribution is 2.18. The second kappa shape index (κ2) is 6.21. The van der Waals surface area contributed by atoms with Crippen LogP contribution in [0.3, 0.4) is 0 Å². The molecule has 95 valence electrons. The molecular formula is C14H17N2O2. The van der Waals surface area contributed by atoms with E-state index in [0.717, 1.165) is 24.1 Å². The third-order valence-electron chi connectivity index (χ3n) is 2.99. The Morgan fingerprint density at radius 3 is 2.89 bits per heavy atom. The minimum Gasteiger partial charge on any atom is -0.335 e. The number of rotatable bonds is 4. The van der Waals surface area contributed by atoms with Crippen LogP contribution in [-0.2, 0) is 5.11 Å². The highest BCUT2D eigenvalue weighted by molar-refractivity contribution is 5.89. The number of benzene rings is 1. The average molecular weight is 245 g/mol. The average Bonchev–Trinajstić information content (AvgIpc) is 2.32. The van der Waals surface area contributed by atoms with Crippen LogP contribution in [0.5, 0.6) is 0 Å². The van der Waals surface area contributed by atoms with E-state index in [1.807, 2.05) is 24.3 Å². The van der Waals surface area contributed by atoms with Gasteiger partial charge in [-0.05, 0) is 37.0 Å². The van der Waals surface area contributed by atoms with Gasteiger partial charge in [0.25, 0.3) is 0 Å².